The van der Waals surface area contributed by atoms with Crippen LogP contribution in [0.1, 0.15) is 64.2 Å². The third-order valence-corrected chi connectivity index (χ3v) is 19.3. The monoisotopic (exact) mass is 708 g/mol. The first kappa shape index (κ1) is 37.0. The van der Waals surface area contributed by atoms with E-state index in [9.17, 15) is 0 Å². The van der Waals surface area contributed by atoms with Crippen molar-refractivity contribution in [1.82, 2.24) is 29.5 Å². The lowest BCUT2D eigenvalue weighted by molar-refractivity contribution is 0.273. The van der Waals surface area contributed by atoms with Crippen LogP contribution in [0.2, 0.25) is 36.3 Å². The molecule has 0 saturated carbocycles. The van der Waals surface area contributed by atoms with E-state index < -0.39 is 22.2 Å². The average molecular weight is 709 g/mol. The maximum Gasteiger partial charge on any atom is 0.322 e. The molecule has 0 fully saturated rings. The van der Waals surface area contributed by atoms with E-state index in [-0.39, 0.29) is 21.8 Å². The fourth-order valence-corrected chi connectivity index (χ4v) is 6.82. The van der Waals surface area contributed by atoms with Crippen LogP contribution in [0, 0.1) is 31.1 Å². The van der Waals surface area contributed by atoms with Gasteiger partial charge in [-0.1, -0.05) is 66.6 Å². The Kier molecular flexibility index (Phi) is 9.97. The van der Waals surface area contributed by atoms with Gasteiger partial charge in [0.2, 0.25) is 0 Å². The molecule has 50 heavy (non-hydrogen) atoms. The summed E-state index contributed by atoms with van der Waals surface area (Å²) in [6.45, 7) is 26.6. The number of nitrogens with zero attached hydrogens (tertiary/aromatic N) is 6. The van der Waals surface area contributed by atoms with E-state index in [1.807, 2.05) is 36.9 Å². The number of aromatic nitrogens is 6. The summed E-state index contributed by atoms with van der Waals surface area (Å²) in [5.74, 6) is 2.86. The van der Waals surface area contributed by atoms with Gasteiger partial charge in [0, 0.05) is 36.3 Å². The first-order valence-electron chi connectivity index (χ1n) is 16.9. The third-order valence-electron chi connectivity index (χ3n) is 10.4. The Balaban J connectivity index is 1.69. The molecule has 0 atom stereocenters. The van der Waals surface area contributed by atoms with Crippen molar-refractivity contribution < 1.29 is 13.6 Å². The second-order valence-corrected chi connectivity index (χ2v) is 25.9. The number of fused-ring (bicyclic) bond motifs is 1. The standard InChI is InChI=1S/C39H49FN6O2Si2/c1-25-20-28(17-19-49(10,11)38(3,4)5)42-22-29(25)35-33(27-14-15-32(30(40)21-27)48-37-41-18-16-26(2)45-37)34-31(43-24-44-36(34)46(35)9)23-47-50(12,13)39(6,7)8/h14-16,18,20-22,24H,23H2,1-13H3. The van der Waals surface area contributed by atoms with Crippen LogP contribution in [0.5, 0.6) is 11.8 Å². The minimum atomic E-state index is -2.12. The van der Waals surface area contributed by atoms with E-state index in [0.717, 1.165) is 44.9 Å². The minimum Gasteiger partial charge on any atom is -0.421 e. The minimum absolute atomic E-state index is 0.0157. The molecule has 1 aromatic carbocycles. The van der Waals surface area contributed by atoms with Crippen molar-refractivity contribution in [2.75, 3.05) is 0 Å². The Morgan fingerprint density at radius 3 is 2.24 bits per heavy atom. The molecular weight excluding hydrogens is 660 g/mol. The van der Waals surface area contributed by atoms with Gasteiger partial charge in [0.25, 0.3) is 0 Å². The lowest BCUT2D eigenvalue weighted by Gasteiger charge is -2.36. The number of halogens is 1. The number of hydrogen-bond acceptors (Lipinski definition) is 7. The van der Waals surface area contributed by atoms with Crippen molar-refractivity contribution in [1.29, 1.82) is 0 Å². The Bertz CT molecular complexity index is 2140. The Morgan fingerprint density at radius 2 is 1.62 bits per heavy atom. The number of pyridine rings is 1. The van der Waals surface area contributed by atoms with E-state index in [2.05, 4.69) is 96.1 Å². The van der Waals surface area contributed by atoms with Gasteiger partial charge in [-0.25, -0.2) is 29.3 Å². The van der Waals surface area contributed by atoms with Crippen molar-refractivity contribution in [3.63, 3.8) is 0 Å². The SMILES string of the molecule is Cc1ccnc(Oc2ccc(-c3c(-c4cnc(C#C[Si](C)(C)C(C)(C)C)cc4C)n(C)c4ncnc(CO[Si](C)(C)C(C)(C)C)c34)cc2F)n1. The van der Waals surface area contributed by atoms with Crippen LogP contribution in [0.25, 0.3) is 33.4 Å². The van der Waals surface area contributed by atoms with Crippen LogP contribution in [0.15, 0.2) is 49.1 Å². The predicted molar refractivity (Wildman–Crippen MR) is 205 cm³/mol. The highest BCUT2D eigenvalue weighted by molar-refractivity contribution is 6.87. The molecule has 4 heterocycles. The van der Waals surface area contributed by atoms with Crippen molar-refractivity contribution >= 4 is 27.4 Å². The molecule has 0 saturated heterocycles. The van der Waals surface area contributed by atoms with Crippen molar-refractivity contribution in [2.45, 2.75) is 98.3 Å². The molecule has 5 aromatic rings. The first-order chi connectivity index (χ1) is 23.2. The molecule has 0 bridgehead atoms. The van der Waals surface area contributed by atoms with Gasteiger partial charge in [-0.2, -0.15) is 0 Å². The molecule has 0 radical (unpaired) electrons. The van der Waals surface area contributed by atoms with Crippen molar-refractivity contribution in [3.8, 4) is 45.6 Å². The average Bonchev–Trinajstić information content (AvgIpc) is 3.31. The van der Waals surface area contributed by atoms with Gasteiger partial charge in [0.1, 0.15) is 25.7 Å². The molecule has 0 aliphatic rings. The van der Waals surface area contributed by atoms with Gasteiger partial charge < -0.3 is 13.7 Å². The largest absolute Gasteiger partial charge is 0.421 e. The molecule has 0 aliphatic carbocycles. The normalized spacial score (nSPS) is 12.6. The summed E-state index contributed by atoms with van der Waals surface area (Å²) in [5, 5.41) is 0.963. The molecule has 8 nitrogen and oxygen atoms in total. The number of aryl methyl sites for hydroxylation is 3. The molecule has 262 valence electrons. The number of benzene rings is 1. The summed E-state index contributed by atoms with van der Waals surface area (Å²) < 4.78 is 30.4. The quantitative estimate of drug-likeness (QED) is 0.123. The summed E-state index contributed by atoms with van der Waals surface area (Å²) in [7, 11) is -1.98. The van der Waals surface area contributed by atoms with Crippen LogP contribution in [-0.2, 0) is 18.1 Å². The Labute approximate surface area is 298 Å². The zero-order valence-electron chi connectivity index (χ0n) is 31.7. The summed E-state index contributed by atoms with van der Waals surface area (Å²) in [6.07, 6.45) is 5.02. The topological polar surface area (TPSA) is 87.8 Å². The molecule has 0 N–H and O–H groups in total. The fourth-order valence-electron chi connectivity index (χ4n) is 5.08. The molecule has 0 amide bonds. The second-order valence-electron chi connectivity index (χ2n) is 16.1. The molecular formula is C39H49FN6O2Si2. The molecule has 4 aromatic heterocycles. The van der Waals surface area contributed by atoms with E-state index in [1.54, 1.807) is 24.7 Å². The third kappa shape index (κ3) is 7.43. The zero-order valence-corrected chi connectivity index (χ0v) is 33.7. The number of ether oxygens (including phenoxy) is 1. The van der Waals surface area contributed by atoms with Crippen LogP contribution >= 0.6 is 0 Å². The highest BCUT2D eigenvalue weighted by Crippen LogP contribution is 2.44. The highest BCUT2D eigenvalue weighted by atomic mass is 28.4. The second kappa shape index (κ2) is 13.5. The highest BCUT2D eigenvalue weighted by Gasteiger charge is 2.38. The molecule has 11 heteroatoms. The van der Waals surface area contributed by atoms with Crippen molar-refractivity contribution in [2.24, 2.45) is 7.05 Å². The summed E-state index contributed by atoms with van der Waals surface area (Å²) in [5.41, 5.74) is 10.7. The predicted octanol–water partition coefficient (Wildman–Crippen LogP) is 9.96. The first-order valence-corrected chi connectivity index (χ1v) is 22.8. The van der Waals surface area contributed by atoms with Gasteiger partial charge >= 0.3 is 6.01 Å². The summed E-state index contributed by atoms with van der Waals surface area (Å²) in [6, 6.07) is 8.81. The van der Waals surface area contributed by atoms with Gasteiger partial charge in [-0.3, -0.25) is 0 Å². The number of rotatable bonds is 7. The summed E-state index contributed by atoms with van der Waals surface area (Å²) in [4.78, 5) is 22.7. The van der Waals surface area contributed by atoms with E-state index in [4.69, 9.17) is 24.1 Å². The molecule has 0 aliphatic heterocycles. The van der Waals surface area contributed by atoms with E-state index in [1.165, 1.54) is 6.07 Å². The lowest BCUT2D eigenvalue weighted by atomic mass is 9.96. The van der Waals surface area contributed by atoms with Gasteiger partial charge in [0.15, 0.2) is 19.9 Å². The zero-order chi connectivity index (χ0) is 36.8. The molecule has 0 unspecified atom stereocenters. The fraction of sp³-hybridized carbons (Fsp3) is 0.410. The van der Waals surface area contributed by atoms with E-state index in [0.29, 0.717) is 17.8 Å². The van der Waals surface area contributed by atoms with Crippen LogP contribution in [0.3, 0.4) is 0 Å². The smallest absolute Gasteiger partial charge is 0.322 e. The molecule has 5 rings (SSSR count). The van der Waals surface area contributed by atoms with Gasteiger partial charge in [0.05, 0.1) is 23.4 Å². The van der Waals surface area contributed by atoms with Crippen LogP contribution < -0.4 is 4.74 Å². The molecule has 0 spiro atoms. The number of hydrogen-bond donors (Lipinski definition) is 0. The van der Waals surface area contributed by atoms with Crippen LogP contribution in [-0.4, -0.2) is 45.9 Å². The van der Waals surface area contributed by atoms with Crippen LogP contribution in [0.4, 0.5) is 4.39 Å². The lowest BCUT2D eigenvalue weighted by Crippen LogP contribution is -2.40. The van der Waals surface area contributed by atoms with Crippen molar-refractivity contribution in [3.05, 3.63) is 77.5 Å². The Morgan fingerprint density at radius 1 is 0.900 bits per heavy atom. The van der Waals surface area contributed by atoms with Gasteiger partial charge in [-0.15, -0.1) is 5.54 Å². The summed E-state index contributed by atoms with van der Waals surface area (Å²) >= 11 is 0. The maximum absolute atomic E-state index is 15.9. The Hall–Kier alpha value is -4.25. The maximum atomic E-state index is 15.9. The van der Waals surface area contributed by atoms with E-state index >= 15 is 4.39 Å². The van der Waals surface area contributed by atoms with Gasteiger partial charge in [-0.05, 0) is 72.4 Å².